The van der Waals surface area contributed by atoms with Gasteiger partial charge in [0, 0.05) is 24.0 Å². The summed E-state index contributed by atoms with van der Waals surface area (Å²) in [5.74, 6) is 0.873. The zero-order valence-corrected chi connectivity index (χ0v) is 14.9. The Morgan fingerprint density at radius 2 is 1.54 bits per heavy atom. The Bertz CT molecular complexity index is 903. The van der Waals surface area contributed by atoms with E-state index in [-0.39, 0.29) is 5.91 Å². The molecule has 7 heteroatoms. The van der Waals surface area contributed by atoms with Gasteiger partial charge in [-0.15, -0.1) is 5.10 Å². The van der Waals surface area contributed by atoms with Crippen molar-refractivity contribution in [2.75, 3.05) is 16.0 Å². The molecule has 3 N–H and O–H groups in total. The second kappa shape index (κ2) is 7.60. The second-order valence-electron chi connectivity index (χ2n) is 6.05. The van der Waals surface area contributed by atoms with Crippen molar-refractivity contribution >= 4 is 34.7 Å². The minimum Gasteiger partial charge on any atom is -0.339 e. The quantitative estimate of drug-likeness (QED) is 0.647. The predicted molar refractivity (Wildman–Crippen MR) is 103 cm³/mol. The number of amides is 1. The highest BCUT2D eigenvalue weighted by Crippen LogP contribution is 2.20. The second-order valence-corrected chi connectivity index (χ2v) is 6.05. The molecule has 3 rings (SSSR count). The van der Waals surface area contributed by atoms with Crippen LogP contribution in [0.5, 0.6) is 0 Å². The van der Waals surface area contributed by atoms with Gasteiger partial charge in [-0.25, -0.2) is 0 Å². The molecule has 0 bridgehead atoms. The third kappa shape index (κ3) is 4.76. The number of aryl methyl sites for hydroxylation is 2. The van der Waals surface area contributed by atoms with Crippen LogP contribution in [-0.4, -0.2) is 21.1 Å². The summed E-state index contributed by atoms with van der Waals surface area (Å²) in [5, 5.41) is 17.0. The standard InChI is InChI=1S/C19H20N6O/c1-12-8-13(2)10-17(9-12)22-18-11-20-25-19(24-18)23-16-6-4-15(5-7-16)21-14(3)26/h4-11H,1-3H3,(H,21,26)(H2,22,23,24,25). The lowest BCUT2D eigenvalue weighted by Gasteiger charge is -2.09. The van der Waals surface area contributed by atoms with Crippen molar-refractivity contribution in [1.82, 2.24) is 15.2 Å². The van der Waals surface area contributed by atoms with E-state index < -0.39 is 0 Å². The largest absolute Gasteiger partial charge is 0.339 e. The van der Waals surface area contributed by atoms with Crippen LogP contribution in [-0.2, 0) is 4.79 Å². The molecule has 0 unspecified atom stereocenters. The lowest BCUT2D eigenvalue weighted by Crippen LogP contribution is -2.06. The number of nitrogens with one attached hydrogen (secondary N) is 3. The Kier molecular flexibility index (Phi) is 5.07. The number of benzene rings is 2. The molecule has 1 heterocycles. The third-order valence-electron chi connectivity index (χ3n) is 3.51. The van der Waals surface area contributed by atoms with E-state index in [1.54, 1.807) is 18.3 Å². The van der Waals surface area contributed by atoms with Crippen molar-refractivity contribution in [2.45, 2.75) is 20.8 Å². The van der Waals surface area contributed by atoms with Gasteiger partial charge in [0.05, 0.1) is 6.20 Å². The number of carbonyl (C=O) groups excluding carboxylic acids is 1. The normalized spacial score (nSPS) is 10.3. The molecule has 0 spiro atoms. The van der Waals surface area contributed by atoms with E-state index in [2.05, 4.69) is 37.2 Å². The minimum atomic E-state index is -0.108. The van der Waals surface area contributed by atoms with Crippen molar-refractivity contribution in [1.29, 1.82) is 0 Å². The Hall–Kier alpha value is -3.48. The van der Waals surface area contributed by atoms with Crippen LogP contribution in [0.3, 0.4) is 0 Å². The predicted octanol–water partition coefficient (Wildman–Crippen LogP) is 3.93. The molecule has 1 amide bonds. The van der Waals surface area contributed by atoms with Crippen LogP contribution in [0.1, 0.15) is 18.1 Å². The first-order chi connectivity index (χ1) is 12.5. The van der Waals surface area contributed by atoms with Gasteiger partial charge in [-0.1, -0.05) is 6.07 Å². The Balaban J connectivity index is 1.71. The first-order valence-corrected chi connectivity index (χ1v) is 8.18. The summed E-state index contributed by atoms with van der Waals surface area (Å²) >= 11 is 0. The molecule has 7 nitrogen and oxygen atoms in total. The average Bonchev–Trinajstić information content (AvgIpc) is 2.55. The Labute approximate surface area is 151 Å². The molecule has 0 aliphatic carbocycles. The average molecular weight is 348 g/mol. The molecule has 0 aliphatic rings. The maximum Gasteiger partial charge on any atom is 0.249 e. The maximum atomic E-state index is 11.1. The molecule has 132 valence electrons. The van der Waals surface area contributed by atoms with E-state index in [1.165, 1.54) is 18.1 Å². The molecular weight excluding hydrogens is 328 g/mol. The molecule has 26 heavy (non-hydrogen) atoms. The first kappa shape index (κ1) is 17.3. The Morgan fingerprint density at radius 1 is 0.885 bits per heavy atom. The molecule has 1 aromatic heterocycles. The van der Waals surface area contributed by atoms with Gasteiger partial charge in [-0.3, -0.25) is 4.79 Å². The van der Waals surface area contributed by atoms with Gasteiger partial charge in [0.2, 0.25) is 11.9 Å². The molecule has 2 aromatic carbocycles. The number of anilines is 5. The first-order valence-electron chi connectivity index (χ1n) is 8.18. The number of hydrogen-bond donors (Lipinski definition) is 3. The highest BCUT2D eigenvalue weighted by atomic mass is 16.1. The summed E-state index contributed by atoms with van der Waals surface area (Å²) in [6, 6.07) is 13.5. The zero-order chi connectivity index (χ0) is 18.5. The van der Waals surface area contributed by atoms with Crippen LogP contribution in [0.4, 0.5) is 28.8 Å². The van der Waals surface area contributed by atoms with Crippen LogP contribution in [0.15, 0.2) is 48.7 Å². The monoisotopic (exact) mass is 348 g/mol. The summed E-state index contributed by atoms with van der Waals surface area (Å²) in [5.41, 5.74) is 4.82. The fourth-order valence-electron chi connectivity index (χ4n) is 2.58. The number of hydrogen-bond acceptors (Lipinski definition) is 6. The van der Waals surface area contributed by atoms with E-state index in [4.69, 9.17) is 0 Å². The van der Waals surface area contributed by atoms with Gasteiger partial charge in [0.15, 0.2) is 5.82 Å². The van der Waals surface area contributed by atoms with Crippen molar-refractivity contribution < 1.29 is 4.79 Å². The lowest BCUT2D eigenvalue weighted by atomic mass is 10.1. The van der Waals surface area contributed by atoms with Gasteiger partial charge < -0.3 is 16.0 Å². The highest BCUT2D eigenvalue weighted by Gasteiger charge is 2.04. The van der Waals surface area contributed by atoms with Crippen molar-refractivity contribution in [3.05, 3.63) is 59.8 Å². The van der Waals surface area contributed by atoms with E-state index >= 15 is 0 Å². The molecule has 0 radical (unpaired) electrons. The van der Waals surface area contributed by atoms with Crippen molar-refractivity contribution in [3.8, 4) is 0 Å². The van der Waals surface area contributed by atoms with Gasteiger partial charge in [0.25, 0.3) is 0 Å². The molecule has 0 saturated carbocycles. The summed E-state index contributed by atoms with van der Waals surface area (Å²) in [7, 11) is 0. The highest BCUT2D eigenvalue weighted by molar-refractivity contribution is 5.88. The van der Waals surface area contributed by atoms with E-state index in [0.717, 1.165) is 17.1 Å². The van der Waals surface area contributed by atoms with E-state index in [0.29, 0.717) is 11.8 Å². The number of carbonyl (C=O) groups is 1. The number of aromatic nitrogens is 3. The maximum absolute atomic E-state index is 11.1. The number of rotatable bonds is 5. The van der Waals surface area contributed by atoms with Crippen LogP contribution in [0, 0.1) is 13.8 Å². The minimum absolute atomic E-state index is 0.108. The Morgan fingerprint density at radius 3 is 2.19 bits per heavy atom. The van der Waals surface area contributed by atoms with Crippen molar-refractivity contribution in [3.63, 3.8) is 0 Å². The topological polar surface area (TPSA) is 91.8 Å². The molecule has 0 saturated heterocycles. The molecule has 0 atom stereocenters. The number of nitrogens with zero attached hydrogens (tertiary/aromatic N) is 3. The van der Waals surface area contributed by atoms with E-state index in [1.807, 2.05) is 38.1 Å². The molecule has 0 fully saturated rings. The smallest absolute Gasteiger partial charge is 0.249 e. The fourth-order valence-corrected chi connectivity index (χ4v) is 2.58. The van der Waals surface area contributed by atoms with Crippen LogP contribution in [0.2, 0.25) is 0 Å². The van der Waals surface area contributed by atoms with Gasteiger partial charge >= 0.3 is 0 Å². The SMILES string of the molecule is CC(=O)Nc1ccc(Nc2nncc(Nc3cc(C)cc(C)c3)n2)cc1. The third-order valence-corrected chi connectivity index (χ3v) is 3.51. The summed E-state index contributed by atoms with van der Waals surface area (Å²) in [4.78, 5) is 15.5. The summed E-state index contributed by atoms with van der Waals surface area (Å²) < 4.78 is 0. The molecule has 0 aliphatic heterocycles. The summed E-state index contributed by atoms with van der Waals surface area (Å²) in [6.07, 6.45) is 1.57. The van der Waals surface area contributed by atoms with Gasteiger partial charge in [-0.2, -0.15) is 10.1 Å². The van der Waals surface area contributed by atoms with E-state index in [9.17, 15) is 4.79 Å². The van der Waals surface area contributed by atoms with Crippen LogP contribution in [0.25, 0.3) is 0 Å². The van der Waals surface area contributed by atoms with Crippen LogP contribution < -0.4 is 16.0 Å². The zero-order valence-electron chi connectivity index (χ0n) is 14.9. The van der Waals surface area contributed by atoms with Crippen LogP contribution >= 0.6 is 0 Å². The van der Waals surface area contributed by atoms with Gasteiger partial charge in [-0.05, 0) is 61.4 Å². The molecular formula is C19H20N6O. The lowest BCUT2D eigenvalue weighted by molar-refractivity contribution is -0.114. The molecule has 3 aromatic rings. The van der Waals surface area contributed by atoms with Crippen molar-refractivity contribution in [2.24, 2.45) is 0 Å². The fraction of sp³-hybridized carbons (Fsp3) is 0.158. The van der Waals surface area contributed by atoms with Gasteiger partial charge in [0.1, 0.15) is 0 Å². The summed E-state index contributed by atoms with van der Waals surface area (Å²) in [6.45, 7) is 5.57.